The van der Waals surface area contributed by atoms with Gasteiger partial charge in [-0.1, -0.05) is 70.4 Å². The molecule has 1 heterocycles. The van der Waals surface area contributed by atoms with Crippen LogP contribution in [0.4, 0.5) is 0 Å². The first-order valence-corrected chi connectivity index (χ1v) is 13.7. The summed E-state index contributed by atoms with van der Waals surface area (Å²) in [5, 5.41) is 48.3. The van der Waals surface area contributed by atoms with Gasteiger partial charge in [0.25, 0.3) is 0 Å². The molecule has 0 aromatic heterocycles. The van der Waals surface area contributed by atoms with Gasteiger partial charge in [0.2, 0.25) is 0 Å². The van der Waals surface area contributed by atoms with Gasteiger partial charge in [-0.05, 0) is 38.5 Å². The van der Waals surface area contributed by atoms with E-state index in [0.717, 1.165) is 38.5 Å². The monoisotopic (exact) mass is 502 g/mol. The Morgan fingerprint density at radius 2 is 1.54 bits per heavy atom. The zero-order chi connectivity index (χ0) is 25.9. The van der Waals surface area contributed by atoms with Crippen molar-refractivity contribution in [2.75, 3.05) is 19.8 Å². The summed E-state index contributed by atoms with van der Waals surface area (Å²) in [6.07, 6.45) is 13.6. The predicted octanol–water partition coefficient (Wildman–Crippen LogP) is 3.02. The summed E-state index contributed by atoms with van der Waals surface area (Å²) >= 11 is 0. The van der Waals surface area contributed by atoms with Crippen LogP contribution in [0.15, 0.2) is 12.2 Å². The van der Waals surface area contributed by atoms with Gasteiger partial charge >= 0.3 is 5.97 Å². The maximum Gasteiger partial charge on any atom is 0.309 e. The molecular weight excluding hydrogens is 452 g/mol. The summed E-state index contributed by atoms with van der Waals surface area (Å²) in [5.74, 6) is -1.24. The van der Waals surface area contributed by atoms with Gasteiger partial charge < -0.3 is 35.0 Å². The minimum absolute atomic E-state index is 0.0609. The molecule has 1 fully saturated rings. The number of hydrogen-bond donors (Lipinski definition) is 5. The zero-order valence-corrected chi connectivity index (χ0v) is 21.6. The van der Waals surface area contributed by atoms with E-state index in [4.69, 9.17) is 9.47 Å². The van der Waals surface area contributed by atoms with Crippen molar-refractivity contribution in [3.05, 3.63) is 12.2 Å². The van der Waals surface area contributed by atoms with Crippen LogP contribution in [0, 0.1) is 5.92 Å². The Bertz CT molecular complexity index is 555. The van der Waals surface area contributed by atoms with Gasteiger partial charge in [0.05, 0.1) is 31.8 Å². The maximum absolute atomic E-state index is 12.7. The van der Waals surface area contributed by atoms with Crippen molar-refractivity contribution in [3.8, 4) is 0 Å². The number of esters is 1. The molecule has 1 aliphatic rings. The second-order valence-electron chi connectivity index (χ2n) is 9.80. The summed E-state index contributed by atoms with van der Waals surface area (Å²) in [5.41, 5.74) is 0. The van der Waals surface area contributed by atoms with E-state index in [1.54, 1.807) is 0 Å². The van der Waals surface area contributed by atoms with Crippen molar-refractivity contribution in [3.63, 3.8) is 0 Å². The highest BCUT2D eigenvalue weighted by molar-refractivity contribution is 5.72. The van der Waals surface area contributed by atoms with Gasteiger partial charge in [-0.25, -0.2) is 0 Å². The number of allylic oxidation sites excluding steroid dienone is 2. The molecule has 0 aromatic carbocycles. The first kappa shape index (κ1) is 32.0. The summed E-state index contributed by atoms with van der Waals surface area (Å²) in [6.45, 7) is 1.13. The molecule has 5 N–H and O–H groups in total. The largest absolute Gasteiger partial charge is 0.457 e. The molecule has 0 amide bonds. The van der Waals surface area contributed by atoms with Crippen LogP contribution in [0.3, 0.4) is 0 Å². The standard InChI is InChI=1S/C27H50O8/c1-2-3-4-5-6-7-8-9-10-11-12-13-14-15-16-21(17-22(30)18-28)27(33)35-24(19-29)26-25(32)23(31)20-34-26/h9-10,21-26,28-32H,2-8,11-20H2,1H3/b10-9-/t21?,22?,23-,24+,25+,26+/m0/s1. The highest BCUT2D eigenvalue weighted by atomic mass is 16.6. The molecule has 1 saturated heterocycles. The van der Waals surface area contributed by atoms with Gasteiger partial charge in [-0.3, -0.25) is 4.79 Å². The predicted molar refractivity (Wildman–Crippen MR) is 135 cm³/mol. The van der Waals surface area contributed by atoms with E-state index in [2.05, 4.69) is 19.1 Å². The normalized spacial score (nSPS) is 23.0. The summed E-state index contributed by atoms with van der Waals surface area (Å²) in [6, 6.07) is 0. The smallest absolute Gasteiger partial charge is 0.309 e. The summed E-state index contributed by atoms with van der Waals surface area (Å²) in [4.78, 5) is 12.7. The number of aliphatic hydroxyl groups excluding tert-OH is 5. The van der Waals surface area contributed by atoms with Crippen LogP contribution in [-0.4, -0.2) is 81.8 Å². The van der Waals surface area contributed by atoms with Crippen LogP contribution in [0.1, 0.15) is 96.8 Å². The summed E-state index contributed by atoms with van der Waals surface area (Å²) in [7, 11) is 0. The number of carbonyl (C=O) groups is 1. The molecule has 206 valence electrons. The van der Waals surface area contributed by atoms with Crippen LogP contribution >= 0.6 is 0 Å². The van der Waals surface area contributed by atoms with E-state index in [1.807, 2.05) is 0 Å². The first-order valence-electron chi connectivity index (χ1n) is 13.7. The molecule has 1 aliphatic heterocycles. The van der Waals surface area contributed by atoms with Crippen molar-refractivity contribution in [2.45, 2.75) is 127 Å². The molecule has 0 spiro atoms. The number of unbranched alkanes of at least 4 members (excludes halogenated alkanes) is 10. The van der Waals surface area contributed by atoms with Crippen LogP contribution in [0.25, 0.3) is 0 Å². The topological polar surface area (TPSA) is 137 Å². The molecule has 2 unspecified atom stereocenters. The Hall–Kier alpha value is -1.03. The molecule has 0 aromatic rings. The van der Waals surface area contributed by atoms with Gasteiger partial charge in [0.1, 0.15) is 18.3 Å². The fourth-order valence-corrected chi connectivity index (χ4v) is 4.43. The average molecular weight is 503 g/mol. The Morgan fingerprint density at radius 3 is 2.09 bits per heavy atom. The average Bonchev–Trinajstić information content (AvgIpc) is 3.19. The van der Waals surface area contributed by atoms with E-state index < -0.39 is 55.6 Å². The Labute approximate surface area is 211 Å². The Kier molecular flexibility index (Phi) is 18.4. The number of aliphatic hydroxyl groups is 5. The minimum Gasteiger partial charge on any atom is -0.457 e. The lowest BCUT2D eigenvalue weighted by Crippen LogP contribution is -2.44. The highest BCUT2D eigenvalue weighted by Gasteiger charge is 2.42. The number of ether oxygens (including phenoxy) is 2. The van der Waals surface area contributed by atoms with E-state index in [0.29, 0.717) is 6.42 Å². The molecule has 8 heteroatoms. The molecule has 0 aliphatic carbocycles. The first-order chi connectivity index (χ1) is 16.9. The van der Waals surface area contributed by atoms with Gasteiger partial charge in [-0.2, -0.15) is 0 Å². The SMILES string of the molecule is CCCCCCCC/C=C\CCCCCCC(CC(O)CO)C(=O)O[C@H](CO)[C@H]1OC[C@H](O)[C@H]1O. The van der Waals surface area contributed by atoms with Gasteiger partial charge in [0, 0.05) is 0 Å². The van der Waals surface area contributed by atoms with E-state index in [-0.39, 0.29) is 13.0 Å². The molecule has 0 saturated carbocycles. The van der Waals surface area contributed by atoms with Crippen LogP contribution < -0.4 is 0 Å². The van der Waals surface area contributed by atoms with E-state index in [9.17, 15) is 30.3 Å². The third kappa shape index (κ3) is 13.7. The molecule has 1 rings (SSSR count). The number of rotatable bonds is 21. The quantitative estimate of drug-likeness (QED) is 0.0918. The van der Waals surface area contributed by atoms with Gasteiger partial charge in [0.15, 0.2) is 6.10 Å². The maximum atomic E-state index is 12.7. The zero-order valence-electron chi connectivity index (χ0n) is 21.6. The molecule has 35 heavy (non-hydrogen) atoms. The van der Waals surface area contributed by atoms with Crippen molar-refractivity contribution in [1.82, 2.24) is 0 Å². The third-order valence-electron chi connectivity index (χ3n) is 6.67. The highest BCUT2D eigenvalue weighted by Crippen LogP contribution is 2.23. The van der Waals surface area contributed by atoms with Crippen molar-refractivity contribution in [1.29, 1.82) is 0 Å². The van der Waals surface area contributed by atoms with Crippen molar-refractivity contribution < 1.29 is 39.8 Å². The van der Waals surface area contributed by atoms with Crippen LogP contribution in [-0.2, 0) is 14.3 Å². The Morgan fingerprint density at radius 1 is 0.943 bits per heavy atom. The fraction of sp³-hybridized carbons (Fsp3) is 0.889. The Balaban J connectivity index is 2.30. The minimum atomic E-state index is -1.25. The molecular formula is C27H50O8. The number of carbonyl (C=O) groups excluding carboxylic acids is 1. The van der Waals surface area contributed by atoms with Crippen molar-refractivity contribution >= 4 is 5.97 Å². The van der Waals surface area contributed by atoms with Gasteiger partial charge in [-0.15, -0.1) is 0 Å². The summed E-state index contributed by atoms with van der Waals surface area (Å²) < 4.78 is 10.7. The van der Waals surface area contributed by atoms with Crippen LogP contribution in [0.5, 0.6) is 0 Å². The molecule has 0 radical (unpaired) electrons. The third-order valence-corrected chi connectivity index (χ3v) is 6.67. The molecule has 8 nitrogen and oxygen atoms in total. The number of hydrogen-bond acceptors (Lipinski definition) is 8. The van der Waals surface area contributed by atoms with Crippen LogP contribution in [0.2, 0.25) is 0 Å². The molecule has 0 bridgehead atoms. The molecule has 6 atom stereocenters. The lowest BCUT2D eigenvalue weighted by Gasteiger charge is -2.26. The second kappa shape index (κ2) is 20.1. The van der Waals surface area contributed by atoms with E-state index in [1.165, 1.54) is 38.5 Å². The fourth-order valence-electron chi connectivity index (χ4n) is 4.43. The lowest BCUT2D eigenvalue weighted by atomic mass is 9.94. The van der Waals surface area contributed by atoms with E-state index >= 15 is 0 Å². The van der Waals surface area contributed by atoms with Crippen molar-refractivity contribution in [2.24, 2.45) is 5.92 Å². The second-order valence-corrected chi connectivity index (χ2v) is 9.80. The lowest BCUT2D eigenvalue weighted by molar-refractivity contribution is -0.169.